The summed E-state index contributed by atoms with van der Waals surface area (Å²) in [4.78, 5) is 12.5. The van der Waals surface area contributed by atoms with E-state index in [9.17, 15) is 4.79 Å². The number of hydrogen-bond donors (Lipinski definition) is 1. The predicted octanol–water partition coefficient (Wildman–Crippen LogP) is 2.84. The summed E-state index contributed by atoms with van der Waals surface area (Å²) in [6, 6.07) is 14.9. The fourth-order valence-electron chi connectivity index (χ4n) is 4.12. The Labute approximate surface area is 152 Å². The molecule has 5 rings (SSSR count). The van der Waals surface area contributed by atoms with Gasteiger partial charge in [-0.3, -0.25) is 4.79 Å². The highest BCUT2D eigenvalue weighted by Crippen LogP contribution is 2.48. The maximum atomic E-state index is 12.5. The number of benzene rings is 2. The van der Waals surface area contributed by atoms with Crippen LogP contribution in [0, 0.1) is 5.92 Å². The minimum Gasteiger partial charge on any atom is -0.355 e. The van der Waals surface area contributed by atoms with Crippen LogP contribution in [0.25, 0.3) is 10.8 Å². The second-order valence-electron chi connectivity index (χ2n) is 7.38. The number of carbonyl (C=O) groups excluding carboxylic acids is 1. The minimum absolute atomic E-state index is 0.111. The molecule has 26 heavy (non-hydrogen) atoms. The zero-order valence-corrected chi connectivity index (χ0v) is 14.7. The molecule has 2 aliphatic rings. The van der Waals surface area contributed by atoms with Gasteiger partial charge in [0.1, 0.15) is 11.6 Å². The van der Waals surface area contributed by atoms with E-state index in [-0.39, 0.29) is 11.8 Å². The van der Waals surface area contributed by atoms with Crippen LogP contribution in [0.4, 0.5) is 0 Å². The lowest BCUT2D eigenvalue weighted by Crippen LogP contribution is -2.28. The van der Waals surface area contributed by atoms with E-state index >= 15 is 0 Å². The largest absolute Gasteiger partial charge is 0.355 e. The highest BCUT2D eigenvalue weighted by Gasteiger charge is 2.43. The summed E-state index contributed by atoms with van der Waals surface area (Å²) in [7, 11) is 0. The van der Waals surface area contributed by atoms with Crippen molar-refractivity contribution in [3.8, 4) is 0 Å². The molecule has 1 aliphatic heterocycles. The number of fused-ring (bicyclic) bond motifs is 2. The Morgan fingerprint density at radius 2 is 2.04 bits per heavy atom. The summed E-state index contributed by atoms with van der Waals surface area (Å²) in [5.41, 5.74) is 1.28. The van der Waals surface area contributed by atoms with Crippen molar-refractivity contribution in [3.63, 3.8) is 0 Å². The standard InChI is InChI=1S/C21H22N4O/c26-21(22-10-9-20-24-23-19-6-3-11-25(19)20)18-13-17(18)16-8-7-14-4-1-2-5-15(14)12-16/h1-2,4-5,7-8,12,17-18H,3,6,9-11,13H2,(H,22,26)/t17-,18-/m1/s1. The number of hydrogen-bond acceptors (Lipinski definition) is 3. The Morgan fingerprint density at radius 1 is 1.15 bits per heavy atom. The Hall–Kier alpha value is -2.69. The van der Waals surface area contributed by atoms with Gasteiger partial charge in [0.05, 0.1) is 0 Å². The van der Waals surface area contributed by atoms with E-state index in [1.165, 1.54) is 16.3 Å². The van der Waals surface area contributed by atoms with Gasteiger partial charge in [0.2, 0.25) is 5.91 Å². The molecule has 5 nitrogen and oxygen atoms in total. The van der Waals surface area contributed by atoms with Crippen LogP contribution in [0.3, 0.4) is 0 Å². The Balaban J connectivity index is 1.18. The summed E-state index contributed by atoms with van der Waals surface area (Å²) in [5, 5.41) is 14.1. The monoisotopic (exact) mass is 346 g/mol. The van der Waals surface area contributed by atoms with Crippen molar-refractivity contribution in [1.82, 2.24) is 20.1 Å². The maximum Gasteiger partial charge on any atom is 0.223 e. The lowest BCUT2D eigenvalue weighted by atomic mass is 10.0. The average Bonchev–Trinajstić information content (AvgIpc) is 3.18. The Bertz CT molecular complexity index is 977. The van der Waals surface area contributed by atoms with Crippen LogP contribution in [0.15, 0.2) is 42.5 Å². The summed E-state index contributed by atoms with van der Waals surface area (Å²) in [5.74, 6) is 2.73. The van der Waals surface area contributed by atoms with E-state index in [1.807, 2.05) is 0 Å². The Kier molecular flexibility index (Phi) is 3.73. The van der Waals surface area contributed by atoms with Gasteiger partial charge in [-0.2, -0.15) is 0 Å². The first-order chi connectivity index (χ1) is 12.8. The number of aryl methyl sites for hydroxylation is 1. The molecule has 1 saturated carbocycles. The van der Waals surface area contributed by atoms with Crippen molar-refractivity contribution >= 4 is 16.7 Å². The fourth-order valence-corrected chi connectivity index (χ4v) is 4.12. The van der Waals surface area contributed by atoms with Crippen LogP contribution in [0.1, 0.15) is 36.0 Å². The van der Waals surface area contributed by atoms with Gasteiger partial charge < -0.3 is 9.88 Å². The first kappa shape index (κ1) is 15.6. The first-order valence-corrected chi connectivity index (χ1v) is 9.47. The van der Waals surface area contributed by atoms with Crippen molar-refractivity contribution in [1.29, 1.82) is 0 Å². The molecule has 0 unspecified atom stereocenters. The summed E-state index contributed by atoms with van der Waals surface area (Å²) in [6.07, 6.45) is 3.88. The second kappa shape index (κ2) is 6.24. The van der Waals surface area contributed by atoms with Crippen LogP contribution in [-0.4, -0.2) is 27.2 Å². The third kappa shape index (κ3) is 2.77. The van der Waals surface area contributed by atoms with Gasteiger partial charge in [0.25, 0.3) is 0 Å². The van der Waals surface area contributed by atoms with Gasteiger partial charge in [-0.05, 0) is 35.1 Å². The van der Waals surface area contributed by atoms with Crippen LogP contribution in [0.5, 0.6) is 0 Å². The van der Waals surface area contributed by atoms with Gasteiger partial charge >= 0.3 is 0 Å². The van der Waals surface area contributed by atoms with E-state index in [0.717, 1.165) is 43.9 Å². The molecule has 1 N–H and O–H groups in total. The molecule has 1 fully saturated rings. The van der Waals surface area contributed by atoms with Gasteiger partial charge in [-0.1, -0.05) is 42.5 Å². The molecule has 1 aliphatic carbocycles. The van der Waals surface area contributed by atoms with Crippen LogP contribution in [0.2, 0.25) is 0 Å². The van der Waals surface area contributed by atoms with Crippen LogP contribution >= 0.6 is 0 Å². The molecule has 0 saturated heterocycles. The minimum atomic E-state index is 0.111. The lowest BCUT2D eigenvalue weighted by molar-refractivity contribution is -0.122. The summed E-state index contributed by atoms with van der Waals surface area (Å²) < 4.78 is 2.20. The summed E-state index contributed by atoms with van der Waals surface area (Å²) >= 11 is 0. The fraction of sp³-hybridized carbons (Fsp3) is 0.381. The normalized spacial score (nSPS) is 20.9. The molecule has 2 aromatic carbocycles. The third-order valence-electron chi connectivity index (χ3n) is 5.66. The number of nitrogens with one attached hydrogen (secondary N) is 1. The predicted molar refractivity (Wildman–Crippen MR) is 99.9 cm³/mol. The van der Waals surface area contributed by atoms with Crippen molar-refractivity contribution in [2.45, 2.75) is 38.1 Å². The highest BCUT2D eigenvalue weighted by atomic mass is 16.2. The third-order valence-corrected chi connectivity index (χ3v) is 5.66. The van der Waals surface area contributed by atoms with Crippen LogP contribution < -0.4 is 5.32 Å². The molecule has 2 heterocycles. The van der Waals surface area contributed by atoms with Gasteiger partial charge in [-0.25, -0.2) is 0 Å². The van der Waals surface area contributed by atoms with E-state index in [4.69, 9.17) is 0 Å². The molecular formula is C21H22N4O. The molecule has 0 bridgehead atoms. The van der Waals surface area contributed by atoms with Crippen molar-refractivity contribution in [2.75, 3.05) is 6.54 Å². The lowest BCUT2D eigenvalue weighted by Gasteiger charge is -2.06. The molecular weight excluding hydrogens is 324 g/mol. The molecule has 3 aromatic rings. The summed E-state index contributed by atoms with van der Waals surface area (Å²) in [6.45, 7) is 1.65. The number of nitrogens with zero attached hydrogens (tertiary/aromatic N) is 3. The quantitative estimate of drug-likeness (QED) is 0.773. The Morgan fingerprint density at radius 3 is 2.96 bits per heavy atom. The van der Waals surface area contributed by atoms with Gasteiger partial charge in [0, 0.05) is 31.8 Å². The number of carbonyl (C=O) groups is 1. The number of amides is 1. The SMILES string of the molecule is O=C(NCCc1nnc2n1CCC2)[C@@H]1C[C@@H]1c1ccc2ccccc2c1. The van der Waals surface area contributed by atoms with Gasteiger partial charge in [0.15, 0.2) is 0 Å². The maximum absolute atomic E-state index is 12.5. The molecule has 132 valence electrons. The number of rotatable bonds is 5. The van der Waals surface area contributed by atoms with Crippen molar-refractivity contribution in [3.05, 3.63) is 59.7 Å². The molecule has 5 heteroatoms. The molecule has 0 spiro atoms. The van der Waals surface area contributed by atoms with E-state index in [0.29, 0.717) is 12.5 Å². The zero-order valence-electron chi connectivity index (χ0n) is 14.7. The highest BCUT2D eigenvalue weighted by molar-refractivity contribution is 5.85. The van der Waals surface area contributed by atoms with E-state index < -0.39 is 0 Å². The molecule has 1 aromatic heterocycles. The van der Waals surface area contributed by atoms with Crippen molar-refractivity contribution in [2.24, 2.45) is 5.92 Å². The van der Waals surface area contributed by atoms with Crippen molar-refractivity contribution < 1.29 is 4.79 Å². The zero-order chi connectivity index (χ0) is 17.5. The average molecular weight is 346 g/mol. The van der Waals surface area contributed by atoms with Crippen LogP contribution in [-0.2, 0) is 24.2 Å². The smallest absolute Gasteiger partial charge is 0.223 e. The topological polar surface area (TPSA) is 59.8 Å². The molecule has 2 atom stereocenters. The second-order valence-corrected chi connectivity index (χ2v) is 7.38. The number of aromatic nitrogens is 3. The first-order valence-electron chi connectivity index (χ1n) is 9.47. The van der Waals surface area contributed by atoms with E-state index in [1.54, 1.807) is 0 Å². The van der Waals surface area contributed by atoms with Gasteiger partial charge in [-0.15, -0.1) is 10.2 Å². The molecule has 0 radical (unpaired) electrons. The van der Waals surface area contributed by atoms with E-state index in [2.05, 4.69) is 62.5 Å². The molecule has 1 amide bonds.